The second-order valence-corrected chi connectivity index (χ2v) is 3.32. The first-order chi connectivity index (χ1) is 6.72. The van der Waals surface area contributed by atoms with Gasteiger partial charge in [-0.2, -0.15) is 0 Å². The molecule has 0 bridgehead atoms. The topological polar surface area (TPSA) is 26.3 Å². The summed E-state index contributed by atoms with van der Waals surface area (Å²) in [6.07, 6.45) is 1.02. The van der Waals surface area contributed by atoms with Gasteiger partial charge >= 0.3 is 0 Å². The average Bonchev–Trinajstić information content (AvgIpc) is 2.18. The zero-order valence-corrected chi connectivity index (χ0v) is 7.97. The fourth-order valence-electron chi connectivity index (χ4n) is 1.67. The van der Waals surface area contributed by atoms with Gasteiger partial charge in [-0.1, -0.05) is 6.92 Å². The van der Waals surface area contributed by atoms with Crippen LogP contribution < -0.4 is 4.74 Å². The van der Waals surface area contributed by atoms with E-state index < -0.39 is 0 Å². The van der Waals surface area contributed by atoms with Crippen molar-refractivity contribution < 1.29 is 13.9 Å². The zero-order chi connectivity index (χ0) is 10.1. The molecule has 1 aliphatic rings. The predicted molar refractivity (Wildman–Crippen MR) is 50.2 cm³/mol. The van der Waals surface area contributed by atoms with Crippen molar-refractivity contribution in [2.24, 2.45) is 0 Å². The van der Waals surface area contributed by atoms with Crippen LogP contribution in [0.15, 0.2) is 12.1 Å². The predicted octanol–water partition coefficient (Wildman–Crippen LogP) is 2.35. The standard InChI is InChI=1S/C11H11FO2/c1-2-7-5-8(12)6-9-10(13)3-4-14-11(7)9/h5-6H,2-4H2,1H3. The summed E-state index contributed by atoms with van der Waals surface area (Å²) in [5.41, 5.74) is 1.17. The number of ether oxygens (including phenoxy) is 1. The van der Waals surface area contributed by atoms with E-state index in [0.29, 0.717) is 30.8 Å². The van der Waals surface area contributed by atoms with Gasteiger partial charge in [0, 0.05) is 6.42 Å². The lowest BCUT2D eigenvalue weighted by Crippen LogP contribution is -2.17. The average molecular weight is 194 g/mol. The van der Waals surface area contributed by atoms with E-state index in [9.17, 15) is 9.18 Å². The molecule has 0 amide bonds. The number of hydrogen-bond donors (Lipinski definition) is 0. The van der Waals surface area contributed by atoms with E-state index in [2.05, 4.69) is 0 Å². The van der Waals surface area contributed by atoms with Crippen molar-refractivity contribution in [3.8, 4) is 5.75 Å². The Labute approximate surface area is 81.7 Å². The molecule has 0 aromatic heterocycles. The maximum atomic E-state index is 13.1. The normalized spacial score (nSPS) is 14.9. The van der Waals surface area contributed by atoms with E-state index in [4.69, 9.17) is 4.74 Å². The Balaban J connectivity index is 2.60. The summed E-state index contributed by atoms with van der Waals surface area (Å²) in [5.74, 6) is 0.185. The molecule has 0 fully saturated rings. The molecule has 0 spiro atoms. The molecule has 0 unspecified atom stereocenters. The molecule has 1 aromatic carbocycles. The largest absolute Gasteiger partial charge is 0.492 e. The van der Waals surface area contributed by atoms with Crippen molar-refractivity contribution >= 4 is 5.78 Å². The summed E-state index contributed by atoms with van der Waals surface area (Å²) < 4.78 is 18.5. The molecule has 0 saturated carbocycles. The van der Waals surface area contributed by atoms with Crippen molar-refractivity contribution in [2.45, 2.75) is 19.8 Å². The Morgan fingerprint density at radius 2 is 2.29 bits per heavy atom. The minimum absolute atomic E-state index is 0.0274. The molecule has 14 heavy (non-hydrogen) atoms. The number of hydrogen-bond acceptors (Lipinski definition) is 2. The van der Waals surface area contributed by atoms with Crippen LogP contribution in [-0.2, 0) is 6.42 Å². The minimum atomic E-state index is -0.362. The molecule has 1 aromatic rings. The maximum absolute atomic E-state index is 13.1. The highest BCUT2D eigenvalue weighted by Crippen LogP contribution is 2.30. The van der Waals surface area contributed by atoms with E-state index in [-0.39, 0.29) is 11.6 Å². The van der Waals surface area contributed by atoms with Gasteiger partial charge in [0.2, 0.25) is 0 Å². The van der Waals surface area contributed by atoms with E-state index in [1.54, 1.807) is 0 Å². The van der Waals surface area contributed by atoms with Crippen molar-refractivity contribution in [3.63, 3.8) is 0 Å². The lowest BCUT2D eigenvalue weighted by atomic mass is 10.00. The van der Waals surface area contributed by atoms with Gasteiger partial charge in [-0.15, -0.1) is 0 Å². The van der Waals surface area contributed by atoms with Crippen LogP contribution in [0.4, 0.5) is 4.39 Å². The molecule has 3 heteroatoms. The molecule has 0 N–H and O–H groups in total. The van der Waals surface area contributed by atoms with Gasteiger partial charge in [0.15, 0.2) is 5.78 Å². The number of halogens is 1. The van der Waals surface area contributed by atoms with Crippen LogP contribution in [0, 0.1) is 5.82 Å². The molecular formula is C11H11FO2. The van der Waals surface area contributed by atoms with Crippen molar-refractivity contribution in [3.05, 3.63) is 29.1 Å². The zero-order valence-electron chi connectivity index (χ0n) is 7.97. The lowest BCUT2D eigenvalue weighted by molar-refractivity contribution is 0.0932. The van der Waals surface area contributed by atoms with E-state index in [1.165, 1.54) is 12.1 Å². The Morgan fingerprint density at radius 1 is 1.50 bits per heavy atom. The fourth-order valence-corrected chi connectivity index (χ4v) is 1.67. The third-order valence-electron chi connectivity index (χ3n) is 2.39. The highest BCUT2D eigenvalue weighted by Gasteiger charge is 2.21. The second kappa shape index (κ2) is 3.40. The van der Waals surface area contributed by atoms with Crippen LogP contribution in [0.25, 0.3) is 0 Å². The number of ketones is 1. The van der Waals surface area contributed by atoms with Crippen LogP contribution in [-0.4, -0.2) is 12.4 Å². The van der Waals surface area contributed by atoms with Gasteiger partial charge in [0.25, 0.3) is 0 Å². The number of benzene rings is 1. The van der Waals surface area contributed by atoms with Crippen LogP contribution in [0.5, 0.6) is 5.75 Å². The van der Waals surface area contributed by atoms with Gasteiger partial charge in [0.1, 0.15) is 11.6 Å². The molecule has 1 aliphatic heterocycles. The molecule has 0 atom stereocenters. The maximum Gasteiger partial charge on any atom is 0.170 e. The van der Waals surface area contributed by atoms with Crippen molar-refractivity contribution in [1.82, 2.24) is 0 Å². The Morgan fingerprint density at radius 3 is 3.00 bits per heavy atom. The molecule has 0 aliphatic carbocycles. The second-order valence-electron chi connectivity index (χ2n) is 3.32. The first kappa shape index (κ1) is 9.19. The molecular weight excluding hydrogens is 183 g/mol. The lowest BCUT2D eigenvalue weighted by Gasteiger charge is -2.19. The number of aryl methyl sites for hydroxylation is 1. The van der Waals surface area contributed by atoms with Gasteiger partial charge in [-0.25, -0.2) is 4.39 Å². The van der Waals surface area contributed by atoms with Crippen LogP contribution in [0.3, 0.4) is 0 Å². The monoisotopic (exact) mass is 194 g/mol. The van der Waals surface area contributed by atoms with Crippen LogP contribution in [0.1, 0.15) is 29.3 Å². The number of fused-ring (bicyclic) bond motifs is 1. The van der Waals surface area contributed by atoms with Crippen molar-refractivity contribution in [1.29, 1.82) is 0 Å². The van der Waals surface area contributed by atoms with Gasteiger partial charge in [-0.05, 0) is 24.1 Å². The molecule has 0 saturated heterocycles. The van der Waals surface area contributed by atoms with Crippen LogP contribution in [0.2, 0.25) is 0 Å². The summed E-state index contributed by atoms with van der Waals surface area (Å²) >= 11 is 0. The molecule has 1 heterocycles. The van der Waals surface area contributed by atoms with E-state index >= 15 is 0 Å². The summed E-state index contributed by atoms with van der Waals surface area (Å²) in [5, 5.41) is 0. The third-order valence-corrected chi connectivity index (χ3v) is 2.39. The van der Waals surface area contributed by atoms with Gasteiger partial charge < -0.3 is 4.74 Å². The summed E-state index contributed by atoms with van der Waals surface area (Å²) in [6.45, 7) is 2.32. The SMILES string of the molecule is CCc1cc(F)cc2c1OCCC2=O. The smallest absolute Gasteiger partial charge is 0.170 e. The van der Waals surface area contributed by atoms with Crippen LogP contribution >= 0.6 is 0 Å². The Kier molecular flexibility index (Phi) is 2.23. The quantitative estimate of drug-likeness (QED) is 0.686. The first-order valence-electron chi connectivity index (χ1n) is 4.70. The highest BCUT2D eigenvalue weighted by molar-refractivity contribution is 6.00. The summed E-state index contributed by atoms with van der Waals surface area (Å²) in [4.78, 5) is 11.5. The van der Waals surface area contributed by atoms with Crippen molar-refractivity contribution in [2.75, 3.05) is 6.61 Å². The number of Topliss-reactive ketones (excluding diaryl/α,β-unsaturated/α-hetero) is 1. The minimum Gasteiger partial charge on any atom is -0.492 e. The van der Waals surface area contributed by atoms with E-state index in [1.807, 2.05) is 6.92 Å². The number of carbonyl (C=O) groups excluding carboxylic acids is 1. The first-order valence-corrected chi connectivity index (χ1v) is 4.70. The molecule has 2 nitrogen and oxygen atoms in total. The summed E-state index contributed by atoms with van der Waals surface area (Å²) in [6, 6.07) is 2.69. The fraction of sp³-hybridized carbons (Fsp3) is 0.364. The molecule has 0 radical (unpaired) electrons. The van der Waals surface area contributed by atoms with E-state index in [0.717, 1.165) is 5.56 Å². The van der Waals surface area contributed by atoms with Gasteiger partial charge in [-0.3, -0.25) is 4.79 Å². The summed E-state index contributed by atoms with van der Waals surface area (Å²) in [7, 11) is 0. The molecule has 74 valence electrons. The molecule has 2 rings (SSSR count). The number of carbonyl (C=O) groups is 1. The number of rotatable bonds is 1. The third kappa shape index (κ3) is 1.39. The highest BCUT2D eigenvalue weighted by atomic mass is 19.1. The van der Waals surface area contributed by atoms with Gasteiger partial charge in [0.05, 0.1) is 12.2 Å². The Bertz CT molecular complexity index is 385. The Hall–Kier alpha value is -1.38.